The molecule has 1 aromatic carbocycles. The van der Waals surface area contributed by atoms with Crippen molar-refractivity contribution in [2.75, 3.05) is 17.2 Å². The van der Waals surface area contributed by atoms with E-state index in [0.717, 1.165) is 29.8 Å². The van der Waals surface area contributed by atoms with E-state index in [1.165, 1.54) is 6.39 Å². The number of aromatic nitrogens is 1. The summed E-state index contributed by atoms with van der Waals surface area (Å²) in [6.07, 6.45) is 3.11. The van der Waals surface area contributed by atoms with Gasteiger partial charge in [-0.05, 0) is 37.5 Å². The largest absolute Gasteiger partial charge is 0.448 e. The van der Waals surface area contributed by atoms with Gasteiger partial charge in [0.25, 0.3) is 5.91 Å². The van der Waals surface area contributed by atoms with E-state index in [1.54, 1.807) is 11.8 Å². The van der Waals surface area contributed by atoms with Crippen molar-refractivity contribution >= 4 is 17.3 Å². The van der Waals surface area contributed by atoms with Gasteiger partial charge in [-0.3, -0.25) is 4.79 Å². The monoisotopic (exact) mass is 257 g/mol. The van der Waals surface area contributed by atoms with Crippen molar-refractivity contribution in [1.29, 1.82) is 0 Å². The van der Waals surface area contributed by atoms with Gasteiger partial charge in [-0.25, -0.2) is 4.98 Å². The molecule has 0 saturated carbocycles. The molecule has 98 valence electrons. The molecule has 2 aromatic rings. The number of nitrogen functional groups attached to an aromatic ring is 1. The van der Waals surface area contributed by atoms with E-state index < -0.39 is 0 Å². The average molecular weight is 257 g/mol. The molecular weight excluding hydrogens is 242 g/mol. The number of carbonyl (C=O) groups is 1. The molecule has 0 fully saturated rings. The summed E-state index contributed by atoms with van der Waals surface area (Å²) < 4.78 is 5.10. The van der Waals surface area contributed by atoms with Gasteiger partial charge in [0, 0.05) is 17.9 Å². The van der Waals surface area contributed by atoms with Crippen LogP contribution in [0.4, 0.5) is 11.4 Å². The third-order valence-corrected chi connectivity index (χ3v) is 3.48. The maximum atomic E-state index is 12.5. The highest BCUT2D eigenvalue weighted by atomic mass is 16.3. The van der Waals surface area contributed by atoms with Crippen molar-refractivity contribution in [1.82, 2.24) is 4.98 Å². The summed E-state index contributed by atoms with van der Waals surface area (Å²) in [5.41, 5.74) is 9.03. The number of nitrogens with zero attached hydrogens (tertiary/aromatic N) is 2. The second kappa shape index (κ2) is 4.42. The van der Waals surface area contributed by atoms with Crippen LogP contribution in [-0.4, -0.2) is 17.4 Å². The Hall–Kier alpha value is -2.30. The van der Waals surface area contributed by atoms with Crippen molar-refractivity contribution in [3.63, 3.8) is 0 Å². The minimum absolute atomic E-state index is 0.127. The van der Waals surface area contributed by atoms with Crippen molar-refractivity contribution in [3.8, 4) is 0 Å². The van der Waals surface area contributed by atoms with Crippen LogP contribution in [0.3, 0.4) is 0 Å². The number of nitrogens with two attached hydrogens (primary N) is 1. The van der Waals surface area contributed by atoms with Crippen LogP contribution in [0, 0.1) is 6.92 Å². The lowest BCUT2D eigenvalue weighted by molar-refractivity contribution is 0.0979. The summed E-state index contributed by atoms with van der Waals surface area (Å²) in [6.45, 7) is 2.42. The number of fused-ring (bicyclic) bond motifs is 1. The van der Waals surface area contributed by atoms with E-state index in [2.05, 4.69) is 4.98 Å². The fourth-order valence-electron chi connectivity index (χ4n) is 2.50. The first-order valence-electron chi connectivity index (χ1n) is 6.28. The van der Waals surface area contributed by atoms with Gasteiger partial charge in [-0.1, -0.05) is 6.07 Å². The van der Waals surface area contributed by atoms with Gasteiger partial charge >= 0.3 is 0 Å². The van der Waals surface area contributed by atoms with Crippen molar-refractivity contribution in [2.24, 2.45) is 0 Å². The summed E-state index contributed by atoms with van der Waals surface area (Å²) >= 11 is 0. The molecule has 3 rings (SSSR count). The molecular formula is C14H15N3O2. The molecule has 1 aliphatic heterocycles. The highest BCUT2D eigenvalue weighted by molar-refractivity contribution is 6.06. The van der Waals surface area contributed by atoms with Crippen LogP contribution in [-0.2, 0) is 6.42 Å². The smallest absolute Gasteiger partial charge is 0.280 e. The average Bonchev–Trinajstić information content (AvgIpc) is 2.84. The molecule has 0 atom stereocenters. The first kappa shape index (κ1) is 11.8. The molecule has 1 aromatic heterocycles. The molecule has 5 nitrogen and oxygen atoms in total. The fourth-order valence-corrected chi connectivity index (χ4v) is 2.50. The number of amides is 1. The summed E-state index contributed by atoms with van der Waals surface area (Å²) in [4.78, 5) is 18.3. The summed E-state index contributed by atoms with van der Waals surface area (Å²) in [6, 6.07) is 5.67. The van der Waals surface area contributed by atoms with Crippen molar-refractivity contribution in [3.05, 3.63) is 41.6 Å². The lowest BCUT2D eigenvalue weighted by atomic mass is 9.99. The molecule has 0 spiro atoms. The molecule has 0 unspecified atom stereocenters. The van der Waals surface area contributed by atoms with E-state index in [0.29, 0.717) is 18.0 Å². The molecule has 1 aliphatic rings. The number of anilines is 2. The SMILES string of the molecule is Cc1ocnc1C(=O)N1CCCc2c(N)cccc21. The van der Waals surface area contributed by atoms with E-state index >= 15 is 0 Å². The Morgan fingerprint density at radius 1 is 1.47 bits per heavy atom. The molecule has 2 N–H and O–H groups in total. The number of hydrogen-bond acceptors (Lipinski definition) is 4. The number of carbonyl (C=O) groups excluding carboxylic acids is 1. The second-order valence-electron chi connectivity index (χ2n) is 4.66. The Labute approximate surface area is 111 Å². The van der Waals surface area contributed by atoms with Gasteiger partial charge in [0.05, 0.1) is 0 Å². The molecule has 0 radical (unpaired) electrons. The third-order valence-electron chi connectivity index (χ3n) is 3.48. The minimum atomic E-state index is -0.127. The van der Waals surface area contributed by atoms with Crippen LogP contribution >= 0.6 is 0 Å². The normalized spacial score (nSPS) is 14.3. The summed E-state index contributed by atoms with van der Waals surface area (Å²) in [5.74, 6) is 0.416. The Morgan fingerprint density at radius 2 is 2.32 bits per heavy atom. The molecule has 1 amide bonds. The predicted molar refractivity (Wildman–Crippen MR) is 72.1 cm³/mol. The van der Waals surface area contributed by atoms with Crippen LogP contribution in [0.15, 0.2) is 29.0 Å². The van der Waals surface area contributed by atoms with Crippen LogP contribution in [0.1, 0.15) is 28.2 Å². The summed E-state index contributed by atoms with van der Waals surface area (Å²) in [5, 5.41) is 0. The zero-order chi connectivity index (χ0) is 13.4. The number of benzene rings is 1. The maximum Gasteiger partial charge on any atom is 0.280 e. The Balaban J connectivity index is 2.03. The van der Waals surface area contributed by atoms with E-state index in [9.17, 15) is 4.79 Å². The van der Waals surface area contributed by atoms with Crippen molar-refractivity contribution < 1.29 is 9.21 Å². The molecule has 2 heterocycles. The zero-order valence-corrected chi connectivity index (χ0v) is 10.7. The lowest BCUT2D eigenvalue weighted by Gasteiger charge is -2.29. The predicted octanol–water partition coefficient (Wildman–Crippen LogP) is 2.16. The fraction of sp³-hybridized carbons (Fsp3) is 0.286. The number of hydrogen-bond donors (Lipinski definition) is 1. The number of aryl methyl sites for hydroxylation is 1. The molecule has 0 aliphatic carbocycles. The zero-order valence-electron chi connectivity index (χ0n) is 10.7. The van der Waals surface area contributed by atoms with E-state index in [1.807, 2.05) is 18.2 Å². The first-order valence-corrected chi connectivity index (χ1v) is 6.28. The molecule has 5 heteroatoms. The summed E-state index contributed by atoms with van der Waals surface area (Å²) in [7, 11) is 0. The highest BCUT2D eigenvalue weighted by Crippen LogP contribution is 2.32. The van der Waals surface area contributed by atoms with E-state index in [4.69, 9.17) is 10.2 Å². The third kappa shape index (κ3) is 1.87. The van der Waals surface area contributed by atoms with Gasteiger partial charge in [0.1, 0.15) is 5.76 Å². The van der Waals surface area contributed by atoms with Crippen LogP contribution in [0.5, 0.6) is 0 Å². The molecule has 19 heavy (non-hydrogen) atoms. The standard InChI is InChI=1S/C14H15N3O2/c1-9-13(16-8-19-9)14(18)17-7-3-4-10-11(15)5-2-6-12(10)17/h2,5-6,8H,3-4,7,15H2,1H3. The highest BCUT2D eigenvalue weighted by Gasteiger charge is 2.27. The van der Waals surface area contributed by atoms with Gasteiger partial charge in [-0.15, -0.1) is 0 Å². The van der Waals surface area contributed by atoms with Gasteiger partial charge in [0.2, 0.25) is 0 Å². The Kier molecular flexibility index (Phi) is 2.74. The number of oxazole rings is 1. The minimum Gasteiger partial charge on any atom is -0.448 e. The van der Waals surface area contributed by atoms with Crippen LogP contribution in [0.2, 0.25) is 0 Å². The lowest BCUT2D eigenvalue weighted by Crippen LogP contribution is -2.36. The van der Waals surface area contributed by atoms with Gasteiger partial charge < -0.3 is 15.1 Å². The van der Waals surface area contributed by atoms with Crippen LogP contribution < -0.4 is 10.6 Å². The van der Waals surface area contributed by atoms with Crippen molar-refractivity contribution in [2.45, 2.75) is 19.8 Å². The number of rotatable bonds is 1. The second-order valence-corrected chi connectivity index (χ2v) is 4.66. The quantitative estimate of drug-likeness (QED) is 0.794. The van der Waals surface area contributed by atoms with Gasteiger partial charge in [-0.2, -0.15) is 0 Å². The van der Waals surface area contributed by atoms with E-state index in [-0.39, 0.29) is 5.91 Å². The Bertz CT molecular complexity index is 633. The maximum absolute atomic E-state index is 12.5. The topological polar surface area (TPSA) is 72.4 Å². The first-order chi connectivity index (χ1) is 9.18. The van der Waals surface area contributed by atoms with Gasteiger partial charge in [0.15, 0.2) is 12.1 Å². The van der Waals surface area contributed by atoms with Crippen LogP contribution in [0.25, 0.3) is 0 Å². The molecule has 0 saturated heterocycles. The molecule has 0 bridgehead atoms. The Morgan fingerprint density at radius 3 is 3.05 bits per heavy atom.